The number of ether oxygens (including phenoxy) is 1. The maximum absolute atomic E-state index is 13.6. The molecular formula is C12H18F2N2O. The van der Waals surface area contributed by atoms with Crippen LogP contribution in [0.3, 0.4) is 0 Å². The van der Waals surface area contributed by atoms with Crippen molar-refractivity contribution in [1.82, 2.24) is 5.43 Å². The smallest absolute Gasteiger partial charge is 0.128 e. The van der Waals surface area contributed by atoms with E-state index < -0.39 is 17.7 Å². The molecule has 0 aromatic heterocycles. The van der Waals surface area contributed by atoms with Gasteiger partial charge < -0.3 is 4.74 Å². The molecule has 0 aliphatic carbocycles. The van der Waals surface area contributed by atoms with E-state index in [0.717, 1.165) is 18.2 Å². The Balaban J connectivity index is 3.11. The lowest BCUT2D eigenvalue weighted by atomic mass is 9.93. The standard InChI is InChI=1S/C12H18F2N2O/c1-7(2)12(17-3)11(16-15)9-6-8(13)4-5-10(9)14/h4-7,11-12,16H,15H2,1-3H3. The Morgan fingerprint density at radius 3 is 2.41 bits per heavy atom. The molecule has 0 spiro atoms. The second kappa shape index (κ2) is 6.05. The maximum atomic E-state index is 13.6. The summed E-state index contributed by atoms with van der Waals surface area (Å²) in [4.78, 5) is 0. The lowest BCUT2D eigenvalue weighted by molar-refractivity contribution is 0.0315. The van der Waals surface area contributed by atoms with Gasteiger partial charge in [0, 0.05) is 12.7 Å². The van der Waals surface area contributed by atoms with Gasteiger partial charge in [0.15, 0.2) is 0 Å². The second-order valence-electron chi connectivity index (χ2n) is 4.25. The van der Waals surface area contributed by atoms with Crippen molar-refractivity contribution in [1.29, 1.82) is 0 Å². The van der Waals surface area contributed by atoms with Gasteiger partial charge in [-0.05, 0) is 24.1 Å². The summed E-state index contributed by atoms with van der Waals surface area (Å²) in [5.74, 6) is 4.53. The van der Waals surface area contributed by atoms with Crippen LogP contribution in [0.25, 0.3) is 0 Å². The summed E-state index contributed by atoms with van der Waals surface area (Å²) in [6.07, 6.45) is -0.337. The average Bonchev–Trinajstić information content (AvgIpc) is 2.28. The highest BCUT2D eigenvalue weighted by Crippen LogP contribution is 2.26. The molecular weight excluding hydrogens is 226 g/mol. The summed E-state index contributed by atoms with van der Waals surface area (Å²) in [5, 5.41) is 0. The Bertz CT molecular complexity index is 372. The molecule has 1 aromatic carbocycles. The highest BCUT2D eigenvalue weighted by Gasteiger charge is 2.27. The SMILES string of the molecule is COC(C(C)C)C(NN)c1cc(F)ccc1F. The van der Waals surface area contributed by atoms with Gasteiger partial charge in [0.25, 0.3) is 0 Å². The molecule has 3 N–H and O–H groups in total. The van der Waals surface area contributed by atoms with Crippen LogP contribution < -0.4 is 11.3 Å². The summed E-state index contributed by atoms with van der Waals surface area (Å²) in [7, 11) is 1.52. The fraction of sp³-hybridized carbons (Fsp3) is 0.500. The van der Waals surface area contributed by atoms with Gasteiger partial charge in [0.1, 0.15) is 11.6 Å². The Labute approximate surface area is 99.9 Å². The maximum Gasteiger partial charge on any atom is 0.128 e. The zero-order chi connectivity index (χ0) is 13.0. The fourth-order valence-electron chi connectivity index (χ4n) is 1.91. The Morgan fingerprint density at radius 1 is 1.29 bits per heavy atom. The Kier molecular flexibility index (Phi) is 4.99. The molecule has 2 unspecified atom stereocenters. The van der Waals surface area contributed by atoms with Crippen LogP contribution >= 0.6 is 0 Å². The molecule has 17 heavy (non-hydrogen) atoms. The number of hydrazine groups is 1. The molecule has 3 nitrogen and oxygen atoms in total. The van der Waals surface area contributed by atoms with Crippen LogP contribution in [0.4, 0.5) is 8.78 Å². The largest absolute Gasteiger partial charge is 0.379 e. The normalized spacial score (nSPS) is 15.0. The van der Waals surface area contributed by atoms with Crippen molar-refractivity contribution in [3.05, 3.63) is 35.4 Å². The van der Waals surface area contributed by atoms with E-state index in [1.54, 1.807) is 0 Å². The number of nitrogens with two attached hydrogens (primary N) is 1. The third kappa shape index (κ3) is 3.21. The first-order valence-electron chi connectivity index (χ1n) is 5.45. The lowest BCUT2D eigenvalue weighted by Crippen LogP contribution is -2.40. The lowest BCUT2D eigenvalue weighted by Gasteiger charge is -2.29. The second-order valence-corrected chi connectivity index (χ2v) is 4.25. The van der Waals surface area contributed by atoms with Gasteiger partial charge in [-0.2, -0.15) is 0 Å². The Morgan fingerprint density at radius 2 is 1.94 bits per heavy atom. The average molecular weight is 244 g/mol. The van der Waals surface area contributed by atoms with Crippen molar-refractivity contribution in [3.63, 3.8) is 0 Å². The van der Waals surface area contributed by atoms with Gasteiger partial charge in [-0.15, -0.1) is 0 Å². The van der Waals surface area contributed by atoms with E-state index in [0.29, 0.717) is 0 Å². The number of methoxy groups -OCH3 is 1. The van der Waals surface area contributed by atoms with Gasteiger partial charge in [0.2, 0.25) is 0 Å². The van der Waals surface area contributed by atoms with E-state index in [9.17, 15) is 8.78 Å². The van der Waals surface area contributed by atoms with Crippen LogP contribution in [-0.2, 0) is 4.74 Å². The van der Waals surface area contributed by atoms with E-state index in [4.69, 9.17) is 10.6 Å². The van der Waals surface area contributed by atoms with E-state index in [2.05, 4.69) is 5.43 Å². The number of nitrogens with one attached hydrogen (secondary N) is 1. The first-order chi connectivity index (χ1) is 8.01. The fourth-order valence-corrected chi connectivity index (χ4v) is 1.91. The van der Waals surface area contributed by atoms with Crippen molar-refractivity contribution >= 4 is 0 Å². The highest BCUT2D eigenvalue weighted by atomic mass is 19.1. The van der Waals surface area contributed by atoms with E-state index in [1.165, 1.54) is 7.11 Å². The third-order valence-corrected chi connectivity index (χ3v) is 2.73. The molecule has 2 atom stereocenters. The van der Waals surface area contributed by atoms with E-state index in [-0.39, 0.29) is 17.6 Å². The zero-order valence-corrected chi connectivity index (χ0v) is 10.2. The predicted molar refractivity (Wildman–Crippen MR) is 62.1 cm³/mol. The summed E-state index contributed by atoms with van der Waals surface area (Å²) in [6, 6.07) is 2.70. The molecule has 0 aliphatic heterocycles. The molecule has 0 aliphatic rings. The van der Waals surface area contributed by atoms with Gasteiger partial charge in [-0.25, -0.2) is 8.78 Å². The van der Waals surface area contributed by atoms with Crippen LogP contribution in [0.1, 0.15) is 25.5 Å². The molecule has 1 aromatic rings. The molecule has 0 heterocycles. The molecule has 5 heteroatoms. The van der Waals surface area contributed by atoms with Crippen LogP contribution in [0.2, 0.25) is 0 Å². The number of halogens is 2. The summed E-state index contributed by atoms with van der Waals surface area (Å²) in [5.41, 5.74) is 2.66. The molecule has 0 radical (unpaired) electrons. The summed E-state index contributed by atoms with van der Waals surface area (Å²) >= 11 is 0. The van der Waals surface area contributed by atoms with Crippen molar-refractivity contribution in [2.75, 3.05) is 7.11 Å². The van der Waals surface area contributed by atoms with Crippen molar-refractivity contribution in [3.8, 4) is 0 Å². The van der Waals surface area contributed by atoms with Crippen LogP contribution in [-0.4, -0.2) is 13.2 Å². The highest BCUT2D eigenvalue weighted by molar-refractivity contribution is 5.23. The van der Waals surface area contributed by atoms with Gasteiger partial charge in [0.05, 0.1) is 12.1 Å². The molecule has 0 saturated heterocycles. The van der Waals surface area contributed by atoms with Crippen LogP contribution in [0.15, 0.2) is 18.2 Å². The Hall–Kier alpha value is -1.04. The quantitative estimate of drug-likeness (QED) is 0.616. The molecule has 0 fully saturated rings. The molecule has 0 saturated carbocycles. The minimum Gasteiger partial charge on any atom is -0.379 e. The predicted octanol–water partition coefficient (Wildman–Crippen LogP) is 2.14. The van der Waals surface area contributed by atoms with Crippen molar-refractivity contribution in [2.24, 2.45) is 11.8 Å². The van der Waals surface area contributed by atoms with Crippen LogP contribution in [0.5, 0.6) is 0 Å². The van der Waals surface area contributed by atoms with Crippen molar-refractivity contribution in [2.45, 2.75) is 26.0 Å². The number of benzene rings is 1. The van der Waals surface area contributed by atoms with Gasteiger partial charge in [-0.1, -0.05) is 13.8 Å². The number of hydrogen-bond donors (Lipinski definition) is 2. The number of hydrogen-bond acceptors (Lipinski definition) is 3. The molecule has 1 rings (SSSR count). The first kappa shape index (κ1) is 14.0. The first-order valence-corrected chi connectivity index (χ1v) is 5.45. The molecule has 0 bridgehead atoms. The monoisotopic (exact) mass is 244 g/mol. The third-order valence-electron chi connectivity index (χ3n) is 2.73. The zero-order valence-electron chi connectivity index (χ0n) is 10.2. The molecule has 0 amide bonds. The summed E-state index contributed by atoms with van der Waals surface area (Å²) in [6.45, 7) is 3.85. The minimum atomic E-state index is -0.587. The van der Waals surface area contributed by atoms with Crippen LogP contribution in [0, 0.1) is 17.6 Å². The van der Waals surface area contributed by atoms with Crippen molar-refractivity contribution < 1.29 is 13.5 Å². The number of rotatable bonds is 5. The van der Waals surface area contributed by atoms with E-state index >= 15 is 0 Å². The minimum absolute atomic E-state index is 0.115. The van der Waals surface area contributed by atoms with Gasteiger partial charge in [-0.3, -0.25) is 11.3 Å². The topological polar surface area (TPSA) is 47.3 Å². The van der Waals surface area contributed by atoms with Gasteiger partial charge >= 0.3 is 0 Å². The molecule has 96 valence electrons. The summed E-state index contributed by atoms with van der Waals surface area (Å²) < 4.78 is 32.1. The van der Waals surface area contributed by atoms with E-state index in [1.807, 2.05) is 13.8 Å².